The van der Waals surface area contributed by atoms with Crippen molar-refractivity contribution < 1.29 is 4.79 Å². The molecule has 2 aromatic carbocycles. The number of nitrogens with two attached hydrogens (primary N) is 1. The number of amides is 1. The van der Waals surface area contributed by atoms with Crippen molar-refractivity contribution in [3.63, 3.8) is 0 Å². The number of hydrazine groups is 1. The van der Waals surface area contributed by atoms with E-state index in [0.717, 1.165) is 24.2 Å². The van der Waals surface area contributed by atoms with E-state index in [4.69, 9.17) is 5.84 Å². The van der Waals surface area contributed by atoms with Gasteiger partial charge in [-0.15, -0.1) is 0 Å². The maximum atomic E-state index is 12.8. The van der Waals surface area contributed by atoms with Gasteiger partial charge in [0.2, 0.25) is 0 Å². The lowest BCUT2D eigenvalue weighted by atomic mass is 9.95. The first-order valence-corrected chi connectivity index (χ1v) is 7.19. The fourth-order valence-corrected chi connectivity index (χ4v) is 2.85. The molecule has 1 amide bonds. The summed E-state index contributed by atoms with van der Waals surface area (Å²) < 4.78 is 0. The molecule has 0 aromatic heterocycles. The molecule has 3 rings (SSSR count). The van der Waals surface area contributed by atoms with Crippen molar-refractivity contribution in [2.45, 2.75) is 25.8 Å². The minimum atomic E-state index is 0.0400. The molecule has 108 valence electrons. The van der Waals surface area contributed by atoms with Gasteiger partial charge in [0.05, 0.1) is 0 Å². The quantitative estimate of drug-likeness (QED) is 0.657. The van der Waals surface area contributed by atoms with Gasteiger partial charge in [-0.3, -0.25) is 10.6 Å². The van der Waals surface area contributed by atoms with E-state index >= 15 is 0 Å². The summed E-state index contributed by atoms with van der Waals surface area (Å²) in [5, 5.41) is 0. The summed E-state index contributed by atoms with van der Waals surface area (Å²) in [5.74, 6) is 5.40. The highest BCUT2D eigenvalue weighted by atomic mass is 16.2. The molecular weight excluding hydrogens is 262 g/mol. The predicted molar refractivity (Wildman–Crippen MR) is 85.3 cm³/mol. The zero-order chi connectivity index (χ0) is 14.8. The first-order valence-electron chi connectivity index (χ1n) is 7.19. The minimum absolute atomic E-state index is 0.0400. The van der Waals surface area contributed by atoms with Gasteiger partial charge in [0.25, 0.3) is 5.91 Å². The summed E-state index contributed by atoms with van der Waals surface area (Å²) in [6.45, 7) is 2.10. The number of carbonyl (C=O) groups excluding carboxylic acids is 1. The lowest BCUT2D eigenvalue weighted by Gasteiger charge is -2.35. The number of benzene rings is 2. The zero-order valence-corrected chi connectivity index (χ0v) is 12.0. The van der Waals surface area contributed by atoms with Crippen molar-refractivity contribution in [2.75, 3.05) is 10.3 Å². The van der Waals surface area contributed by atoms with Crippen LogP contribution in [0.1, 0.15) is 29.3 Å². The number of nitrogens with zero attached hydrogens (tertiary/aromatic N) is 1. The van der Waals surface area contributed by atoms with Crippen LogP contribution in [0.25, 0.3) is 0 Å². The summed E-state index contributed by atoms with van der Waals surface area (Å²) >= 11 is 0. The third kappa shape index (κ3) is 2.50. The fourth-order valence-electron chi connectivity index (χ4n) is 2.85. The topological polar surface area (TPSA) is 58.4 Å². The SMILES string of the molecule is CC1CCc2ccccc2N1C(=O)c1ccc(NN)cc1. The molecule has 4 nitrogen and oxygen atoms in total. The summed E-state index contributed by atoms with van der Waals surface area (Å²) in [4.78, 5) is 14.8. The van der Waals surface area contributed by atoms with Crippen molar-refractivity contribution in [1.82, 2.24) is 0 Å². The van der Waals surface area contributed by atoms with Gasteiger partial charge in [-0.05, 0) is 55.7 Å². The average molecular weight is 281 g/mol. The highest BCUT2D eigenvalue weighted by Gasteiger charge is 2.28. The Kier molecular flexibility index (Phi) is 3.62. The van der Waals surface area contributed by atoms with Crippen LogP contribution in [0.2, 0.25) is 0 Å². The van der Waals surface area contributed by atoms with E-state index in [-0.39, 0.29) is 11.9 Å². The number of para-hydroxylation sites is 1. The number of nitrogens with one attached hydrogen (secondary N) is 1. The summed E-state index contributed by atoms with van der Waals surface area (Å²) in [6, 6.07) is 15.6. The predicted octanol–water partition coefficient (Wildman–Crippen LogP) is 2.95. The second kappa shape index (κ2) is 5.58. The lowest BCUT2D eigenvalue weighted by Crippen LogP contribution is -2.42. The molecule has 0 saturated carbocycles. The third-order valence-electron chi connectivity index (χ3n) is 4.04. The molecule has 1 heterocycles. The highest BCUT2D eigenvalue weighted by Crippen LogP contribution is 2.31. The van der Waals surface area contributed by atoms with E-state index in [1.807, 2.05) is 47.4 Å². The third-order valence-corrected chi connectivity index (χ3v) is 4.04. The van der Waals surface area contributed by atoms with Crippen LogP contribution in [0.3, 0.4) is 0 Å². The van der Waals surface area contributed by atoms with Crippen LogP contribution >= 0.6 is 0 Å². The molecule has 1 aliphatic heterocycles. The van der Waals surface area contributed by atoms with E-state index in [0.29, 0.717) is 5.56 Å². The number of rotatable bonds is 2. The molecule has 21 heavy (non-hydrogen) atoms. The molecule has 1 unspecified atom stereocenters. The smallest absolute Gasteiger partial charge is 0.258 e. The van der Waals surface area contributed by atoms with Gasteiger partial charge in [0, 0.05) is 23.0 Å². The number of anilines is 2. The molecule has 1 atom stereocenters. The summed E-state index contributed by atoms with van der Waals surface area (Å²) in [7, 11) is 0. The van der Waals surface area contributed by atoms with Crippen LogP contribution < -0.4 is 16.2 Å². The van der Waals surface area contributed by atoms with Crippen molar-refractivity contribution >= 4 is 17.3 Å². The Hall–Kier alpha value is -2.33. The molecule has 0 bridgehead atoms. The molecule has 0 aliphatic carbocycles. The first-order chi connectivity index (χ1) is 10.2. The lowest BCUT2D eigenvalue weighted by molar-refractivity contribution is 0.0975. The first kappa shape index (κ1) is 13.6. The standard InChI is InChI=1S/C17H19N3O/c1-12-6-7-13-4-2-3-5-16(13)20(12)17(21)14-8-10-15(19-18)11-9-14/h2-5,8-12,19H,6-7,18H2,1H3. The molecule has 0 saturated heterocycles. The van der Waals surface area contributed by atoms with Crippen LogP contribution in [0, 0.1) is 0 Å². The minimum Gasteiger partial charge on any atom is -0.324 e. The maximum Gasteiger partial charge on any atom is 0.258 e. The molecular formula is C17H19N3O. The van der Waals surface area contributed by atoms with E-state index in [9.17, 15) is 4.79 Å². The van der Waals surface area contributed by atoms with Crippen LogP contribution in [-0.4, -0.2) is 11.9 Å². The fraction of sp³-hybridized carbons (Fsp3) is 0.235. The van der Waals surface area contributed by atoms with E-state index in [1.54, 1.807) is 0 Å². The van der Waals surface area contributed by atoms with E-state index < -0.39 is 0 Å². The number of hydrogen-bond acceptors (Lipinski definition) is 3. The largest absolute Gasteiger partial charge is 0.324 e. The van der Waals surface area contributed by atoms with Crippen LogP contribution in [0.5, 0.6) is 0 Å². The number of carbonyl (C=O) groups is 1. The molecule has 4 heteroatoms. The normalized spacial score (nSPS) is 17.2. The van der Waals surface area contributed by atoms with Crippen LogP contribution in [0.15, 0.2) is 48.5 Å². The van der Waals surface area contributed by atoms with Gasteiger partial charge < -0.3 is 10.3 Å². The van der Waals surface area contributed by atoms with E-state index in [1.165, 1.54) is 5.56 Å². The van der Waals surface area contributed by atoms with Gasteiger partial charge in [-0.1, -0.05) is 18.2 Å². The van der Waals surface area contributed by atoms with Crippen LogP contribution in [0.4, 0.5) is 11.4 Å². The summed E-state index contributed by atoms with van der Waals surface area (Å²) in [5.41, 5.74) is 6.31. The Balaban J connectivity index is 1.96. The molecule has 0 radical (unpaired) electrons. The molecule has 2 aromatic rings. The molecule has 1 aliphatic rings. The number of aryl methyl sites for hydroxylation is 1. The zero-order valence-electron chi connectivity index (χ0n) is 12.0. The Morgan fingerprint density at radius 3 is 2.62 bits per heavy atom. The van der Waals surface area contributed by atoms with Crippen molar-refractivity contribution in [3.05, 3.63) is 59.7 Å². The van der Waals surface area contributed by atoms with Crippen molar-refractivity contribution in [3.8, 4) is 0 Å². The van der Waals surface area contributed by atoms with Gasteiger partial charge in [-0.25, -0.2) is 0 Å². The Morgan fingerprint density at radius 2 is 1.90 bits per heavy atom. The van der Waals surface area contributed by atoms with Gasteiger partial charge in [0.1, 0.15) is 0 Å². The number of nitrogen functional groups attached to an aromatic ring is 1. The van der Waals surface area contributed by atoms with E-state index in [2.05, 4.69) is 18.4 Å². The van der Waals surface area contributed by atoms with Crippen LogP contribution in [-0.2, 0) is 6.42 Å². The average Bonchev–Trinajstić information content (AvgIpc) is 2.54. The monoisotopic (exact) mass is 281 g/mol. The van der Waals surface area contributed by atoms with Crippen molar-refractivity contribution in [1.29, 1.82) is 0 Å². The Labute approximate surface area is 124 Å². The molecule has 0 spiro atoms. The van der Waals surface area contributed by atoms with Gasteiger partial charge >= 0.3 is 0 Å². The van der Waals surface area contributed by atoms with Gasteiger partial charge in [-0.2, -0.15) is 0 Å². The Morgan fingerprint density at radius 1 is 1.19 bits per heavy atom. The summed E-state index contributed by atoms with van der Waals surface area (Å²) in [6.07, 6.45) is 2.02. The number of hydrogen-bond donors (Lipinski definition) is 2. The Bertz CT molecular complexity index is 651. The molecule has 3 N–H and O–H groups in total. The highest BCUT2D eigenvalue weighted by molar-refractivity contribution is 6.07. The second-order valence-corrected chi connectivity index (χ2v) is 5.41. The second-order valence-electron chi connectivity index (χ2n) is 5.41. The molecule has 0 fully saturated rings. The number of fused-ring (bicyclic) bond motifs is 1. The van der Waals surface area contributed by atoms with Gasteiger partial charge in [0.15, 0.2) is 0 Å². The van der Waals surface area contributed by atoms with Crippen molar-refractivity contribution in [2.24, 2.45) is 5.84 Å². The maximum absolute atomic E-state index is 12.8.